The van der Waals surface area contributed by atoms with E-state index in [0.717, 1.165) is 46.0 Å². The van der Waals surface area contributed by atoms with Crippen molar-refractivity contribution in [2.45, 2.75) is 114 Å². The minimum atomic E-state index is -5.08. The van der Waals surface area contributed by atoms with Gasteiger partial charge < -0.3 is 15.3 Å². The maximum absolute atomic E-state index is 14.7. The zero-order chi connectivity index (χ0) is 31.8. The fourth-order valence-electron chi connectivity index (χ4n) is 9.74. The summed E-state index contributed by atoms with van der Waals surface area (Å²) in [5.41, 5.74) is -0.136. The molecule has 4 aliphatic carbocycles. The minimum absolute atomic E-state index is 0.0185. The van der Waals surface area contributed by atoms with Crippen molar-refractivity contribution >= 4 is 9.84 Å². The number of aliphatic hydroxyl groups is 3. The molecular formula is C34H47F3O5S. The van der Waals surface area contributed by atoms with Crippen molar-refractivity contribution in [3.8, 4) is 0 Å². The first-order valence-corrected chi connectivity index (χ1v) is 17.2. The van der Waals surface area contributed by atoms with Gasteiger partial charge in [-0.3, -0.25) is 0 Å². The molecule has 0 amide bonds. The van der Waals surface area contributed by atoms with Crippen LogP contribution in [0, 0.1) is 40.4 Å². The van der Waals surface area contributed by atoms with E-state index in [1.165, 1.54) is 35.4 Å². The molecule has 0 spiro atoms. The standard InChI is InChI=1S/C34H47F3O5S/c1-20(28(39)29(30(31(2,3)40)34(35,36)37)43(41,42)23-9-7-6-8-10-23)25-13-14-26-24-12-11-21-19-22(38)15-17-32(21,4)27(24)16-18-33(25,26)5/h6-12,20,22,25-30,38-40H,13-19H2,1-5H3/t20-,22-,25+,26-,27-,28?,29?,30-,32-,33+/m0/s1. The van der Waals surface area contributed by atoms with Crippen molar-refractivity contribution in [2.75, 3.05) is 0 Å². The fourth-order valence-corrected chi connectivity index (χ4v) is 12.1. The summed E-state index contributed by atoms with van der Waals surface area (Å²) >= 11 is 0. The second kappa shape index (κ2) is 11.0. The van der Waals surface area contributed by atoms with Crippen LogP contribution >= 0.6 is 0 Å². The van der Waals surface area contributed by atoms with Crippen molar-refractivity contribution in [1.29, 1.82) is 0 Å². The van der Waals surface area contributed by atoms with Crippen LogP contribution in [0.15, 0.2) is 58.5 Å². The highest BCUT2D eigenvalue weighted by atomic mass is 32.2. The summed E-state index contributed by atoms with van der Waals surface area (Å²) in [5, 5.41) is 30.6. The average Bonchev–Trinajstić information content (AvgIpc) is 3.27. The second-order valence-corrected chi connectivity index (χ2v) is 17.0. The van der Waals surface area contributed by atoms with Crippen LogP contribution in [0.4, 0.5) is 13.2 Å². The van der Waals surface area contributed by atoms with E-state index in [9.17, 15) is 36.9 Å². The Kier molecular flexibility index (Phi) is 8.36. The van der Waals surface area contributed by atoms with Crippen LogP contribution in [-0.2, 0) is 9.84 Å². The van der Waals surface area contributed by atoms with E-state index in [1.54, 1.807) is 13.0 Å². The largest absolute Gasteiger partial charge is 0.395 e. The summed E-state index contributed by atoms with van der Waals surface area (Å²) in [5.74, 6) is -3.14. The van der Waals surface area contributed by atoms with E-state index < -0.39 is 44.8 Å². The lowest BCUT2D eigenvalue weighted by atomic mass is 9.50. The number of hydrogen-bond acceptors (Lipinski definition) is 5. The van der Waals surface area contributed by atoms with Crippen LogP contribution in [0.2, 0.25) is 0 Å². The van der Waals surface area contributed by atoms with Crippen LogP contribution in [0.5, 0.6) is 0 Å². The van der Waals surface area contributed by atoms with E-state index in [2.05, 4.69) is 26.0 Å². The lowest BCUT2D eigenvalue weighted by Crippen LogP contribution is -2.58. The Hall–Kier alpha value is -1.68. The first-order valence-electron chi connectivity index (χ1n) is 15.7. The van der Waals surface area contributed by atoms with Crippen molar-refractivity contribution in [2.24, 2.45) is 40.4 Å². The maximum Gasteiger partial charge on any atom is 0.395 e. The SMILES string of the molecule is C[C@H](C(O)C([C@@H](C(C)(C)O)C(F)(F)F)S(=O)(=O)c1ccccc1)[C@H]1CC[C@H]2C3=CC=C4C[C@@H](O)CC[C@]4(C)[C@H]3CC[C@]12C. The molecule has 0 heterocycles. The van der Waals surface area contributed by atoms with E-state index in [4.69, 9.17) is 0 Å². The van der Waals surface area contributed by atoms with Gasteiger partial charge in [-0.2, -0.15) is 13.2 Å². The highest BCUT2D eigenvalue weighted by Crippen LogP contribution is 2.66. The molecule has 43 heavy (non-hydrogen) atoms. The molecule has 5 nitrogen and oxygen atoms in total. The molecular weight excluding hydrogens is 577 g/mol. The molecule has 0 saturated heterocycles. The lowest BCUT2D eigenvalue weighted by molar-refractivity contribution is -0.226. The highest BCUT2D eigenvalue weighted by Gasteiger charge is 2.62. The summed E-state index contributed by atoms with van der Waals surface area (Å²) in [4.78, 5) is -0.304. The summed E-state index contributed by atoms with van der Waals surface area (Å²) in [6.07, 6.45) is 2.74. The zero-order valence-corrected chi connectivity index (χ0v) is 26.6. The normalized spacial score (nSPS) is 35.9. The van der Waals surface area contributed by atoms with Gasteiger partial charge in [-0.1, -0.05) is 62.3 Å². The van der Waals surface area contributed by atoms with Gasteiger partial charge in [-0.15, -0.1) is 0 Å². The van der Waals surface area contributed by atoms with Crippen LogP contribution in [-0.4, -0.2) is 53.0 Å². The molecule has 3 fully saturated rings. The Morgan fingerprint density at radius 3 is 2.21 bits per heavy atom. The van der Waals surface area contributed by atoms with Gasteiger partial charge in [0.1, 0.15) is 11.2 Å². The Labute approximate surface area is 254 Å². The molecule has 0 bridgehead atoms. The Morgan fingerprint density at radius 2 is 1.60 bits per heavy atom. The van der Waals surface area contributed by atoms with Crippen molar-refractivity contribution in [3.63, 3.8) is 0 Å². The molecule has 2 unspecified atom stereocenters. The van der Waals surface area contributed by atoms with Crippen molar-refractivity contribution in [1.82, 2.24) is 0 Å². The molecule has 3 N–H and O–H groups in total. The van der Waals surface area contributed by atoms with Gasteiger partial charge in [0.25, 0.3) is 0 Å². The number of aliphatic hydroxyl groups excluding tert-OH is 2. The van der Waals surface area contributed by atoms with Gasteiger partial charge in [-0.25, -0.2) is 8.42 Å². The van der Waals surface area contributed by atoms with Gasteiger partial charge in [0.15, 0.2) is 9.84 Å². The molecule has 4 aliphatic rings. The summed E-state index contributed by atoms with van der Waals surface area (Å²) < 4.78 is 72.0. The molecule has 5 rings (SSSR count). The Bertz CT molecular complexity index is 1350. The molecule has 0 radical (unpaired) electrons. The van der Waals surface area contributed by atoms with E-state index in [0.29, 0.717) is 18.8 Å². The Morgan fingerprint density at radius 1 is 0.953 bits per heavy atom. The minimum Gasteiger partial charge on any atom is -0.393 e. The third-order valence-electron chi connectivity index (χ3n) is 12.0. The molecule has 3 saturated carbocycles. The third kappa shape index (κ3) is 5.44. The van der Waals surface area contributed by atoms with Gasteiger partial charge in [0, 0.05) is 0 Å². The molecule has 0 aliphatic heterocycles. The third-order valence-corrected chi connectivity index (χ3v) is 14.2. The average molecular weight is 625 g/mol. The van der Waals surface area contributed by atoms with Crippen molar-refractivity contribution in [3.05, 3.63) is 53.6 Å². The summed E-state index contributed by atoms with van der Waals surface area (Å²) in [7, 11) is -4.70. The summed E-state index contributed by atoms with van der Waals surface area (Å²) in [6, 6.07) is 6.95. The number of halogens is 3. The Balaban J connectivity index is 1.51. The van der Waals surface area contributed by atoms with Crippen LogP contribution in [0.3, 0.4) is 0 Å². The van der Waals surface area contributed by atoms with Crippen LogP contribution in [0.25, 0.3) is 0 Å². The monoisotopic (exact) mass is 624 g/mol. The molecule has 0 aromatic heterocycles. The van der Waals surface area contributed by atoms with E-state index in [-0.39, 0.29) is 33.7 Å². The van der Waals surface area contributed by atoms with Crippen LogP contribution < -0.4 is 0 Å². The number of sulfone groups is 1. The van der Waals surface area contributed by atoms with Crippen LogP contribution in [0.1, 0.15) is 79.6 Å². The van der Waals surface area contributed by atoms with Gasteiger partial charge in [0.2, 0.25) is 0 Å². The predicted octanol–water partition coefficient (Wildman–Crippen LogP) is 6.64. The molecule has 9 heteroatoms. The smallest absolute Gasteiger partial charge is 0.393 e. The number of rotatable bonds is 7. The second-order valence-electron chi connectivity index (χ2n) is 14.9. The highest BCUT2D eigenvalue weighted by molar-refractivity contribution is 7.92. The fraction of sp³-hybridized carbons (Fsp3) is 0.706. The number of fused-ring (bicyclic) bond motifs is 5. The number of benzene rings is 1. The molecule has 1 aromatic carbocycles. The molecule has 1 aromatic rings. The predicted molar refractivity (Wildman–Crippen MR) is 160 cm³/mol. The molecule has 10 atom stereocenters. The van der Waals surface area contributed by atoms with E-state index >= 15 is 0 Å². The van der Waals surface area contributed by atoms with E-state index in [1.807, 2.05) is 0 Å². The first-order chi connectivity index (χ1) is 19.8. The van der Waals surface area contributed by atoms with Crippen molar-refractivity contribution < 1.29 is 36.9 Å². The maximum atomic E-state index is 14.7. The van der Waals surface area contributed by atoms with Gasteiger partial charge >= 0.3 is 6.18 Å². The summed E-state index contributed by atoms with van der Waals surface area (Å²) in [6.45, 7) is 8.09. The first kappa shape index (κ1) is 32.7. The van der Waals surface area contributed by atoms with Gasteiger partial charge in [-0.05, 0) is 105 Å². The quantitative estimate of drug-likeness (QED) is 0.317. The van der Waals surface area contributed by atoms with Gasteiger partial charge in [0.05, 0.1) is 22.7 Å². The number of alkyl halides is 3. The molecule has 240 valence electrons. The zero-order valence-electron chi connectivity index (χ0n) is 25.8. The number of allylic oxidation sites excluding steroid dienone is 3. The lowest BCUT2D eigenvalue weighted by Gasteiger charge is -2.55. The topological polar surface area (TPSA) is 94.8 Å². The number of hydrogen-bond donors (Lipinski definition) is 3.